The van der Waals surface area contributed by atoms with Crippen LogP contribution in [0.4, 0.5) is 0 Å². The summed E-state index contributed by atoms with van der Waals surface area (Å²) in [6.45, 7) is 2.68. The molecule has 0 aromatic heterocycles. The summed E-state index contributed by atoms with van der Waals surface area (Å²) in [4.78, 5) is 0. The van der Waals surface area contributed by atoms with Crippen LogP contribution in [-0.2, 0) is 4.74 Å². The van der Waals surface area contributed by atoms with Gasteiger partial charge in [-0.3, -0.25) is 0 Å². The summed E-state index contributed by atoms with van der Waals surface area (Å²) in [5.74, 6) is 0. The lowest BCUT2D eigenvalue weighted by molar-refractivity contribution is -0.112. The lowest BCUT2D eigenvalue weighted by atomic mass is 10.1. The zero-order chi connectivity index (χ0) is 12.4. The molecule has 0 aliphatic heterocycles. The highest BCUT2D eigenvalue weighted by molar-refractivity contribution is 4.63. The van der Waals surface area contributed by atoms with E-state index >= 15 is 0 Å². The number of hydrogen-bond donors (Lipinski definition) is 4. The molecule has 0 aliphatic rings. The van der Waals surface area contributed by atoms with Crippen molar-refractivity contribution in [1.29, 1.82) is 0 Å². The second kappa shape index (κ2) is 9.99. The molecule has 5 nitrogen and oxygen atoms in total. The van der Waals surface area contributed by atoms with E-state index in [0.717, 1.165) is 12.8 Å². The second-order valence-electron chi connectivity index (χ2n) is 4.04. The number of aliphatic hydroxyl groups is 3. The van der Waals surface area contributed by atoms with Crippen LogP contribution in [0.15, 0.2) is 0 Å². The first-order valence-electron chi connectivity index (χ1n) is 5.99. The minimum absolute atomic E-state index is 0.326. The van der Waals surface area contributed by atoms with Crippen molar-refractivity contribution in [2.75, 3.05) is 6.61 Å². The van der Waals surface area contributed by atoms with Crippen LogP contribution in [0.5, 0.6) is 0 Å². The standard InChI is InChI=1S/C11H25NO4/c1-2-3-4-5-8-16-10(13)7-6-9(12)11(14)15/h9-11,13-15H,2-8,12H2,1H3. The van der Waals surface area contributed by atoms with E-state index < -0.39 is 18.6 Å². The first-order chi connectivity index (χ1) is 7.57. The summed E-state index contributed by atoms with van der Waals surface area (Å²) >= 11 is 0. The molecule has 5 N–H and O–H groups in total. The lowest BCUT2D eigenvalue weighted by Crippen LogP contribution is -2.35. The highest BCUT2D eigenvalue weighted by Gasteiger charge is 2.13. The van der Waals surface area contributed by atoms with E-state index in [9.17, 15) is 5.11 Å². The molecule has 0 bridgehead atoms. The minimum Gasteiger partial charge on any atom is -0.368 e. The number of nitrogens with two attached hydrogens (primary N) is 1. The molecule has 5 heteroatoms. The van der Waals surface area contributed by atoms with Crippen LogP contribution in [-0.4, -0.2) is 40.5 Å². The van der Waals surface area contributed by atoms with E-state index in [1.165, 1.54) is 12.8 Å². The van der Waals surface area contributed by atoms with E-state index in [4.69, 9.17) is 20.7 Å². The Morgan fingerprint density at radius 1 is 1.06 bits per heavy atom. The lowest BCUT2D eigenvalue weighted by Gasteiger charge is -2.16. The van der Waals surface area contributed by atoms with Gasteiger partial charge in [-0.05, 0) is 19.3 Å². The molecule has 0 saturated carbocycles. The van der Waals surface area contributed by atoms with Gasteiger partial charge in [0.2, 0.25) is 0 Å². The van der Waals surface area contributed by atoms with Gasteiger partial charge in [-0.25, -0.2) is 0 Å². The first kappa shape index (κ1) is 15.8. The van der Waals surface area contributed by atoms with Gasteiger partial charge in [0.15, 0.2) is 12.6 Å². The Balaban J connectivity index is 3.34. The van der Waals surface area contributed by atoms with Gasteiger partial charge in [0, 0.05) is 6.61 Å². The topological polar surface area (TPSA) is 95.9 Å². The van der Waals surface area contributed by atoms with Gasteiger partial charge < -0.3 is 25.8 Å². The number of unbranched alkanes of at least 4 members (excludes halogenated alkanes) is 3. The molecule has 0 aromatic carbocycles. The van der Waals surface area contributed by atoms with E-state index in [1.807, 2.05) is 0 Å². The molecule has 0 aromatic rings. The molecule has 0 heterocycles. The maximum atomic E-state index is 9.40. The van der Waals surface area contributed by atoms with E-state index in [2.05, 4.69) is 6.92 Å². The SMILES string of the molecule is CCCCCCOC(O)CCC(N)C(O)O. The number of hydrogen-bond acceptors (Lipinski definition) is 5. The minimum atomic E-state index is -1.53. The fourth-order valence-corrected chi connectivity index (χ4v) is 1.32. The molecular weight excluding hydrogens is 210 g/mol. The van der Waals surface area contributed by atoms with Gasteiger partial charge in [-0.15, -0.1) is 0 Å². The van der Waals surface area contributed by atoms with Gasteiger partial charge in [-0.1, -0.05) is 26.2 Å². The molecular formula is C11H25NO4. The summed E-state index contributed by atoms with van der Waals surface area (Å²) in [6, 6.07) is -0.724. The van der Waals surface area contributed by atoms with Gasteiger partial charge in [0.1, 0.15) is 0 Å². The Kier molecular flexibility index (Phi) is 9.86. The molecule has 0 amide bonds. The zero-order valence-electron chi connectivity index (χ0n) is 10.0. The molecule has 0 fully saturated rings. The average molecular weight is 235 g/mol. The van der Waals surface area contributed by atoms with Crippen molar-refractivity contribution < 1.29 is 20.1 Å². The Morgan fingerprint density at radius 3 is 2.31 bits per heavy atom. The predicted molar refractivity (Wildman–Crippen MR) is 61.5 cm³/mol. The van der Waals surface area contributed by atoms with Crippen LogP contribution in [0.2, 0.25) is 0 Å². The smallest absolute Gasteiger partial charge is 0.166 e. The molecule has 2 atom stereocenters. The molecule has 0 rings (SSSR count). The average Bonchev–Trinajstić information content (AvgIpc) is 2.25. The van der Waals surface area contributed by atoms with Crippen LogP contribution >= 0.6 is 0 Å². The van der Waals surface area contributed by atoms with Gasteiger partial charge in [-0.2, -0.15) is 0 Å². The van der Waals surface area contributed by atoms with Crippen LogP contribution in [0.3, 0.4) is 0 Å². The predicted octanol–water partition coefficient (Wildman–Crippen LogP) is 0.320. The summed E-state index contributed by atoms with van der Waals surface area (Å²) in [5.41, 5.74) is 5.39. The molecule has 2 unspecified atom stereocenters. The van der Waals surface area contributed by atoms with E-state index in [-0.39, 0.29) is 0 Å². The van der Waals surface area contributed by atoms with Crippen molar-refractivity contribution in [2.24, 2.45) is 5.73 Å². The first-order valence-corrected chi connectivity index (χ1v) is 5.99. The Morgan fingerprint density at radius 2 is 1.75 bits per heavy atom. The third-order valence-corrected chi connectivity index (χ3v) is 2.44. The summed E-state index contributed by atoms with van der Waals surface area (Å²) in [6.07, 6.45) is 2.67. The van der Waals surface area contributed by atoms with Crippen molar-refractivity contribution >= 4 is 0 Å². The third kappa shape index (κ3) is 9.06. The monoisotopic (exact) mass is 235 g/mol. The second-order valence-corrected chi connectivity index (χ2v) is 4.04. The number of rotatable bonds is 10. The molecule has 0 radical (unpaired) electrons. The molecule has 98 valence electrons. The van der Waals surface area contributed by atoms with Gasteiger partial charge in [0.05, 0.1) is 6.04 Å². The van der Waals surface area contributed by atoms with Crippen LogP contribution in [0, 0.1) is 0 Å². The molecule has 0 spiro atoms. The molecule has 0 aliphatic carbocycles. The van der Waals surface area contributed by atoms with Crippen molar-refractivity contribution in [3.8, 4) is 0 Å². The Labute approximate surface area is 97.2 Å². The van der Waals surface area contributed by atoms with E-state index in [0.29, 0.717) is 19.4 Å². The third-order valence-electron chi connectivity index (χ3n) is 2.44. The number of ether oxygens (including phenoxy) is 1. The van der Waals surface area contributed by atoms with Crippen molar-refractivity contribution in [1.82, 2.24) is 0 Å². The van der Waals surface area contributed by atoms with Crippen molar-refractivity contribution in [2.45, 2.75) is 64.1 Å². The van der Waals surface area contributed by atoms with Crippen LogP contribution in [0.1, 0.15) is 45.4 Å². The highest BCUT2D eigenvalue weighted by atomic mass is 16.6. The molecule has 0 saturated heterocycles. The van der Waals surface area contributed by atoms with Crippen molar-refractivity contribution in [3.05, 3.63) is 0 Å². The van der Waals surface area contributed by atoms with Crippen LogP contribution in [0.25, 0.3) is 0 Å². The molecule has 16 heavy (non-hydrogen) atoms. The largest absolute Gasteiger partial charge is 0.368 e. The Bertz CT molecular complexity index is 155. The highest BCUT2D eigenvalue weighted by Crippen LogP contribution is 2.05. The Hall–Kier alpha value is -0.200. The fraction of sp³-hybridized carbons (Fsp3) is 1.00. The fourth-order valence-electron chi connectivity index (χ4n) is 1.32. The zero-order valence-corrected chi connectivity index (χ0v) is 10.0. The van der Waals surface area contributed by atoms with Gasteiger partial charge in [0.25, 0.3) is 0 Å². The van der Waals surface area contributed by atoms with E-state index in [1.54, 1.807) is 0 Å². The maximum Gasteiger partial charge on any atom is 0.166 e. The number of aliphatic hydroxyl groups excluding tert-OH is 2. The summed E-state index contributed by atoms with van der Waals surface area (Å²) < 4.78 is 5.16. The summed E-state index contributed by atoms with van der Waals surface area (Å²) in [7, 11) is 0. The van der Waals surface area contributed by atoms with Crippen molar-refractivity contribution in [3.63, 3.8) is 0 Å². The quantitative estimate of drug-likeness (QED) is 0.323. The van der Waals surface area contributed by atoms with Crippen LogP contribution < -0.4 is 5.73 Å². The van der Waals surface area contributed by atoms with Gasteiger partial charge >= 0.3 is 0 Å². The maximum absolute atomic E-state index is 9.40. The normalized spacial score (nSPS) is 15.4. The summed E-state index contributed by atoms with van der Waals surface area (Å²) in [5, 5.41) is 26.8.